The molecule has 2 rings (SSSR count). The Labute approximate surface area is 174 Å². The summed E-state index contributed by atoms with van der Waals surface area (Å²) in [6.07, 6.45) is 1.48. The number of carbonyl (C=O) groups excluding carboxylic acids is 1. The molecule has 0 radical (unpaired) electrons. The van der Waals surface area contributed by atoms with Gasteiger partial charge in [0, 0.05) is 15.9 Å². The first-order valence-corrected chi connectivity index (χ1v) is 10.1. The predicted molar refractivity (Wildman–Crippen MR) is 112 cm³/mol. The quantitative estimate of drug-likeness (QED) is 0.438. The van der Waals surface area contributed by atoms with E-state index in [1.807, 2.05) is 34.6 Å². The average Bonchev–Trinajstić information content (AvgIpc) is 2.59. The summed E-state index contributed by atoms with van der Waals surface area (Å²) < 4.78 is 19.8. The lowest BCUT2D eigenvalue weighted by molar-refractivity contribution is -0.142. The van der Waals surface area contributed by atoms with E-state index in [0.717, 1.165) is 12.1 Å². The average molecular weight is 449 g/mol. The zero-order valence-electron chi connectivity index (χ0n) is 17.0. The van der Waals surface area contributed by atoms with Gasteiger partial charge in [0.15, 0.2) is 5.70 Å². The Hall–Kier alpha value is -2.13. The molecule has 1 aliphatic heterocycles. The third kappa shape index (κ3) is 5.02. The molecule has 150 valence electrons. The van der Waals surface area contributed by atoms with Crippen molar-refractivity contribution in [3.63, 3.8) is 0 Å². The molecule has 1 aromatic carbocycles. The number of esters is 1. The van der Waals surface area contributed by atoms with Gasteiger partial charge in [-0.2, -0.15) is 0 Å². The number of dihydropyridines is 1. The van der Waals surface area contributed by atoms with E-state index in [0.29, 0.717) is 33.4 Å². The maximum absolute atomic E-state index is 13.7. The van der Waals surface area contributed by atoms with Crippen LogP contribution in [0.15, 0.2) is 45.3 Å². The van der Waals surface area contributed by atoms with Crippen LogP contribution in [0.3, 0.4) is 0 Å². The van der Waals surface area contributed by atoms with E-state index in [4.69, 9.17) is 11.3 Å². The Morgan fingerprint density at radius 2 is 2.07 bits per heavy atom. The number of allylic oxidation sites excluding steroid dienone is 3. The van der Waals surface area contributed by atoms with Crippen LogP contribution >= 0.6 is 15.9 Å². The van der Waals surface area contributed by atoms with Gasteiger partial charge in [0.25, 0.3) is 0 Å². The Morgan fingerprint density at radius 1 is 1.39 bits per heavy atom. The molecule has 1 aromatic rings. The minimum atomic E-state index is -0.609. The molecule has 0 spiro atoms. The minimum Gasteiger partial charge on any atom is -0.462 e. The molecule has 0 aromatic heterocycles. The van der Waals surface area contributed by atoms with Crippen LogP contribution in [0.1, 0.15) is 58.9 Å². The zero-order valence-corrected chi connectivity index (χ0v) is 18.5. The molecule has 0 amide bonds. The molecule has 1 aliphatic rings. The van der Waals surface area contributed by atoms with Crippen molar-refractivity contribution in [2.24, 2.45) is 5.41 Å². The van der Waals surface area contributed by atoms with Gasteiger partial charge in [0.05, 0.1) is 24.7 Å². The topological polar surface area (TPSA) is 42.7 Å². The van der Waals surface area contributed by atoms with Crippen molar-refractivity contribution >= 4 is 21.9 Å². The van der Waals surface area contributed by atoms with Crippen molar-refractivity contribution < 1.29 is 13.9 Å². The Kier molecular flexibility index (Phi) is 7.06. The van der Waals surface area contributed by atoms with Crippen molar-refractivity contribution in [1.29, 1.82) is 0 Å². The van der Waals surface area contributed by atoms with Gasteiger partial charge in [-0.25, -0.2) is 14.0 Å². The maximum Gasteiger partial charge on any atom is 0.335 e. The van der Waals surface area contributed by atoms with Gasteiger partial charge in [-0.05, 0) is 36.5 Å². The number of ether oxygens (including phenoxy) is 1. The van der Waals surface area contributed by atoms with Crippen molar-refractivity contribution in [1.82, 2.24) is 5.32 Å². The SMILES string of the molecule is [C-]#[N+]C1=C(C)NC(CCC)=C(C(=O)OCC(C)(C)C)C1c1ccc(F)cc1Br. The van der Waals surface area contributed by atoms with Gasteiger partial charge in [-0.1, -0.05) is 56.1 Å². The minimum absolute atomic E-state index is 0.177. The highest BCUT2D eigenvalue weighted by molar-refractivity contribution is 9.10. The van der Waals surface area contributed by atoms with Crippen molar-refractivity contribution in [2.75, 3.05) is 6.61 Å². The number of halogens is 2. The fourth-order valence-electron chi connectivity index (χ4n) is 3.12. The van der Waals surface area contributed by atoms with Crippen LogP contribution in [0.2, 0.25) is 0 Å². The van der Waals surface area contributed by atoms with Crippen molar-refractivity contribution in [2.45, 2.75) is 53.4 Å². The molecule has 0 saturated heterocycles. The molecule has 6 heteroatoms. The summed E-state index contributed by atoms with van der Waals surface area (Å²) in [4.78, 5) is 16.8. The summed E-state index contributed by atoms with van der Waals surface area (Å²) in [7, 11) is 0. The van der Waals surface area contributed by atoms with E-state index in [-0.39, 0.29) is 17.8 Å². The van der Waals surface area contributed by atoms with E-state index in [9.17, 15) is 9.18 Å². The van der Waals surface area contributed by atoms with Crippen molar-refractivity contribution in [3.05, 3.63) is 68.1 Å². The lowest BCUT2D eigenvalue weighted by Crippen LogP contribution is -2.31. The lowest BCUT2D eigenvalue weighted by Gasteiger charge is -2.31. The molecule has 0 aliphatic carbocycles. The number of rotatable bonds is 5. The number of hydrogen-bond donors (Lipinski definition) is 1. The molecular formula is C22H26BrFN2O2. The number of nitrogens with one attached hydrogen (secondary N) is 1. The molecule has 28 heavy (non-hydrogen) atoms. The summed E-state index contributed by atoms with van der Waals surface area (Å²) in [5.74, 6) is -1.44. The van der Waals surface area contributed by atoms with E-state index >= 15 is 0 Å². The van der Waals surface area contributed by atoms with Gasteiger partial charge in [-0.3, -0.25) is 0 Å². The lowest BCUT2D eigenvalue weighted by atomic mass is 9.83. The van der Waals surface area contributed by atoms with Crippen LogP contribution < -0.4 is 5.32 Å². The second-order valence-corrected chi connectivity index (χ2v) is 8.98. The second kappa shape index (κ2) is 8.91. The fraction of sp³-hybridized carbons (Fsp3) is 0.455. The molecule has 1 N–H and O–H groups in total. The highest BCUT2D eigenvalue weighted by atomic mass is 79.9. The highest BCUT2D eigenvalue weighted by Crippen LogP contribution is 2.43. The Balaban J connectivity index is 2.62. The van der Waals surface area contributed by atoms with Crippen LogP contribution in [0.25, 0.3) is 4.85 Å². The monoisotopic (exact) mass is 448 g/mol. The first kappa shape index (κ1) is 22.2. The van der Waals surface area contributed by atoms with Gasteiger partial charge in [-0.15, -0.1) is 0 Å². The zero-order chi connectivity index (χ0) is 21.1. The molecule has 0 bridgehead atoms. The molecule has 4 nitrogen and oxygen atoms in total. The molecule has 1 heterocycles. The fourth-order valence-corrected chi connectivity index (χ4v) is 3.70. The van der Waals surface area contributed by atoms with Gasteiger partial charge >= 0.3 is 5.97 Å². The number of nitrogens with zero attached hydrogens (tertiary/aromatic N) is 1. The largest absolute Gasteiger partial charge is 0.462 e. The smallest absolute Gasteiger partial charge is 0.335 e. The Morgan fingerprint density at radius 3 is 2.61 bits per heavy atom. The summed E-state index contributed by atoms with van der Waals surface area (Å²) in [6, 6.07) is 4.32. The molecule has 1 unspecified atom stereocenters. The van der Waals surface area contributed by atoms with Gasteiger partial charge in [0.1, 0.15) is 5.82 Å². The number of hydrogen-bond acceptors (Lipinski definition) is 3. The third-order valence-corrected chi connectivity index (χ3v) is 5.05. The highest BCUT2D eigenvalue weighted by Gasteiger charge is 2.37. The molecule has 0 saturated carbocycles. The van der Waals surface area contributed by atoms with E-state index in [1.165, 1.54) is 12.1 Å². The number of carbonyl (C=O) groups is 1. The van der Waals surface area contributed by atoms with E-state index in [1.54, 1.807) is 6.07 Å². The molecule has 0 fully saturated rings. The third-order valence-electron chi connectivity index (χ3n) is 4.36. The first-order chi connectivity index (χ1) is 13.1. The van der Waals surface area contributed by atoms with Crippen LogP contribution in [-0.2, 0) is 9.53 Å². The van der Waals surface area contributed by atoms with Gasteiger partial charge in [0.2, 0.25) is 0 Å². The van der Waals surface area contributed by atoms with Crippen LogP contribution in [0, 0.1) is 17.8 Å². The number of benzene rings is 1. The van der Waals surface area contributed by atoms with Crippen LogP contribution in [-0.4, -0.2) is 12.6 Å². The maximum atomic E-state index is 13.7. The van der Waals surface area contributed by atoms with Gasteiger partial charge < -0.3 is 10.1 Å². The summed E-state index contributed by atoms with van der Waals surface area (Å²) >= 11 is 3.40. The van der Waals surface area contributed by atoms with Crippen LogP contribution in [0.5, 0.6) is 0 Å². The Bertz CT molecular complexity index is 876. The normalized spacial score (nSPS) is 17.3. The molecule has 1 atom stereocenters. The summed E-state index contributed by atoms with van der Waals surface area (Å²) in [6.45, 7) is 17.8. The predicted octanol–water partition coefficient (Wildman–Crippen LogP) is 6.07. The van der Waals surface area contributed by atoms with E-state index < -0.39 is 11.9 Å². The van der Waals surface area contributed by atoms with E-state index in [2.05, 4.69) is 26.1 Å². The first-order valence-electron chi connectivity index (χ1n) is 9.29. The summed E-state index contributed by atoms with van der Waals surface area (Å²) in [5.41, 5.74) is 2.79. The molecular weight excluding hydrogens is 423 g/mol. The standard InChI is InChI=1S/C22H26BrFN2O2/c1-7-8-17-19(21(27)28-12-22(3,4)5)18(20(25-6)13(2)26-17)15-10-9-14(24)11-16(15)23/h9-11,18,26H,7-8,12H2,1-5H3. The van der Waals surface area contributed by atoms with Crippen molar-refractivity contribution in [3.8, 4) is 0 Å². The summed E-state index contributed by atoms with van der Waals surface area (Å²) in [5, 5.41) is 3.23. The van der Waals surface area contributed by atoms with Crippen LogP contribution in [0.4, 0.5) is 4.39 Å². The second-order valence-electron chi connectivity index (χ2n) is 8.12.